The molecule has 0 unspecified atom stereocenters. The van der Waals surface area contributed by atoms with E-state index in [4.69, 9.17) is 14.2 Å². The molecular weight excluding hydrogens is 558 g/mol. The van der Waals surface area contributed by atoms with Crippen LogP contribution in [0.15, 0.2) is 91.0 Å². The molecule has 6 rings (SSSR count). The summed E-state index contributed by atoms with van der Waals surface area (Å²) in [5.74, 6) is 1.88. The van der Waals surface area contributed by atoms with Crippen LogP contribution in [-0.4, -0.2) is 27.3 Å². The molecule has 0 spiro atoms. The van der Waals surface area contributed by atoms with E-state index in [1.54, 1.807) is 14.2 Å². The average molecular weight is 602 g/mol. The minimum atomic E-state index is -0.448. The molecule has 0 aliphatic heterocycles. The number of carbonyl (C=O) groups excluding carboxylic acids is 1. The van der Waals surface area contributed by atoms with Crippen LogP contribution in [0.4, 0.5) is 17.1 Å². The first kappa shape index (κ1) is 30.5. The monoisotopic (exact) mass is 601 g/mol. The number of hydrogen-bond donors (Lipinski definition) is 0. The van der Waals surface area contributed by atoms with Crippen LogP contribution in [0.3, 0.4) is 0 Å². The third kappa shape index (κ3) is 5.72. The van der Waals surface area contributed by atoms with Crippen LogP contribution in [0.2, 0.25) is 0 Å². The van der Waals surface area contributed by atoms with Gasteiger partial charge in [-0.2, -0.15) is 0 Å². The molecule has 232 valence electrons. The maximum atomic E-state index is 13.0. The van der Waals surface area contributed by atoms with E-state index >= 15 is 0 Å². The number of anilines is 3. The number of fused-ring (bicyclic) bond motifs is 3. The van der Waals surface area contributed by atoms with Crippen molar-refractivity contribution in [2.75, 3.05) is 26.2 Å². The molecular formula is C40H43NO4. The molecule has 1 fully saturated rings. The van der Waals surface area contributed by atoms with E-state index in [0.29, 0.717) is 0 Å². The minimum absolute atomic E-state index is 0.0594. The van der Waals surface area contributed by atoms with Gasteiger partial charge in [-0.1, -0.05) is 55.8 Å². The van der Waals surface area contributed by atoms with Crippen LogP contribution >= 0.6 is 0 Å². The highest BCUT2D eigenvalue weighted by molar-refractivity contribution is 5.80. The highest BCUT2D eigenvalue weighted by Gasteiger charge is 2.55. The van der Waals surface area contributed by atoms with E-state index < -0.39 is 5.41 Å². The van der Waals surface area contributed by atoms with E-state index in [9.17, 15) is 4.79 Å². The number of benzene rings is 4. The standard InChI is InChI=1S/C40H43NO4/c1-39-25-6-26-40(2,38(42)45-5)37(39)24-13-30-27-33(18-23-36(30)39)41(32-16-21-35(44-4)22-17-32)31-14-9-28(10-15-31)7-8-29-11-19-34(43-3)20-12-29/h7-12,14-23,27,37H,6,13,24-26H2,1-5H3/b8-7+/t37-,39-,40-/m1/s1. The Morgan fingerprint density at radius 1 is 0.733 bits per heavy atom. The Kier molecular flexibility index (Phi) is 8.46. The maximum absolute atomic E-state index is 13.0. The number of rotatable bonds is 8. The second-order valence-corrected chi connectivity index (χ2v) is 12.8. The minimum Gasteiger partial charge on any atom is -0.497 e. The first-order valence-electron chi connectivity index (χ1n) is 15.9. The average Bonchev–Trinajstić information content (AvgIpc) is 3.08. The van der Waals surface area contributed by atoms with Crippen molar-refractivity contribution in [2.24, 2.45) is 11.3 Å². The lowest BCUT2D eigenvalue weighted by Gasteiger charge is -2.54. The molecule has 0 amide bonds. The van der Waals surface area contributed by atoms with Crippen molar-refractivity contribution in [1.82, 2.24) is 0 Å². The van der Waals surface area contributed by atoms with Crippen LogP contribution in [0.1, 0.15) is 61.8 Å². The summed E-state index contributed by atoms with van der Waals surface area (Å²) in [5, 5.41) is 0. The van der Waals surface area contributed by atoms with Crippen molar-refractivity contribution < 1.29 is 19.0 Å². The molecule has 4 aromatic carbocycles. The first-order chi connectivity index (χ1) is 21.8. The molecule has 0 saturated heterocycles. The van der Waals surface area contributed by atoms with Crippen molar-refractivity contribution in [3.63, 3.8) is 0 Å². The van der Waals surface area contributed by atoms with Crippen molar-refractivity contribution in [3.8, 4) is 11.5 Å². The van der Waals surface area contributed by atoms with E-state index in [0.717, 1.165) is 71.8 Å². The molecule has 0 aromatic heterocycles. The van der Waals surface area contributed by atoms with Gasteiger partial charge in [-0.15, -0.1) is 0 Å². The summed E-state index contributed by atoms with van der Waals surface area (Å²) in [7, 11) is 4.90. The number of ether oxygens (including phenoxy) is 3. The van der Waals surface area contributed by atoms with Crippen molar-refractivity contribution in [3.05, 3.63) is 113 Å². The van der Waals surface area contributed by atoms with Crippen LogP contribution < -0.4 is 14.4 Å². The lowest BCUT2D eigenvalue weighted by atomic mass is 9.50. The molecule has 5 heteroatoms. The predicted octanol–water partition coefficient (Wildman–Crippen LogP) is 9.53. The normalized spacial score (nSPS) is 22.3. The fourth-order valence-corrected chi connectivity index (χ4v) is 7.91. The third-order valence-electron chi connectivity index (χ3n) is 10.3. The molecule has 2 aliphatic rings. The fraction of sp³-hybridized carbons (Fsp3) is 0.325. The third-order valence-corrected chi connectivity index (χ3v) is 10.3. The summed E-state index contributed by atoms with van der Waals surface area (Å²) in [6.45, 7) is 4.50. The van der Waals surface area contributed by atoms with Gasteiger partial charge in [0.2, 0.25) is 0 Å². The first-order valence-corrected chi connectivity index (χ1v) is 15.9. The number of aryl methyl sites for hydroxylation is 1. The van der Waals surface area contributed by atoms with E-state index in [2.05, 4.69) is 97.6 Å². The van der Waals surface area contributed by atoms with Gasteiger partial charge < -0.3 is 19.1 Å². The topological polar surface area (TPSA) is 48.0 Å². The van der Waals surface area contributed by atoms with Crippen molar-refractivity contribution in [1.29, 1.82) is 0 Å². The maximum Gasteiger partial charge on any atom is 0.311 e. The zero-order valence-electron chi connectivity index (χ0n) is 27.0. The second-order valence-electron chi connectivity index (χ2n) is 12.8. The van der Waals surface area contributed by atoms with Gasteiger partial charge in [0, 0.05) is 17.1 Å². The fourth-order valence-electron chi connectivity index (χ4n) is 7.91. The molecule has 2 aliphatic carbocycles. The molecule has 0 radical (unpaired) electrons. The molecule has 3 atom stereocenters. The van der Waals surface area contributed by atoms with Gasteiger partial charge in [-0.05, 0) is 127 Å². The van der Waals surface area contributed by atoms with Gasteiger partial charge in [0.1, 0.15) is 11.5 Å². The van der Waals surface area contributed by atoms with E-state index in [1.807, 2.05) is 24.3 Å². The van der Waals surface area contributed by atoms with Gasteiger partial charge >= 0.3 is 5.97 Å². The summed E-state index contributed by atoms with van der Waals surface area (Å²) in [6.07, 6.45) is 9.18. The Bertz CT molecular complexity index is 1680. The van der Waals surface area contributed by atoms with E-state index in [-0.39, 0.29) is 17.3 Å². The summed E-state index contributed by atoms with van der Waals surface area (Å²) >= 11 is 0. The zero-order chi connectivity index (χ0) is 31.6. The molecule has 0 heterocycles. The molecule has 5 nitrogen and oxygen atoms in total. The zero-order valence-corrected chi connectivity index (χ0v) is 27.0. The molecule has 0 bridgehead atoms. The quantitative estimate of drug-likeness (QED) is 0.149. The largest absolute Gasteiger partial charge is 0.497 e. The predicted molar refractivity (Wildman–Crippen MR) is 183 cm³/mol. The molecule has 45 heavy (non-hydrogen) atoms. The SMILES string of the molecule is COC(=O)[C@]1(C)CCC[C@]2(C)c3ccc(N(c4ccc(/C=C/c5ccc(OC)cc5)cc4)c4ccc(OC)cc4)cc3CC[C@@H]12. The number of esters is 1. The van der Waals surface area contributed by atoms with Gasteiger partial charge in [0.15, 0.2) is 0 Å². The Morgan fingerprint density at radius 2 is 1.27 bits per heavy atom. The highest BCUT2D eigenvalue weighted by Crippen LogP contribution is 2.58. The Hall–Kier alpha value is -4.51. The summed E-state index contributed by atoms with van der Waals surface area (Å²) in [6, 6.07) is 31.9. The lowest BCUT2D eigenvalue weighted by Crippen LogP contribution is -2.52. The van der Waals surface area contributed by atoms with Crippen LogP contribution in [0.25, 0.3) is 12.2 Å². The molecule has 0 N–H and O–H groups in total. The Balaban J connectivity index is 1.34. The Morgan fingerprint density at radius 3 is 1.84 bits per heavy atom. The van der Waals surface area contributed by atoms with Crippen LogP contribution in [-0.2, 0) is 21.4 Å². The van der Waals surface area contributed by atoms with E-state index in [1.165, 1.54) is 18.2 Å². The van der Waals surface area contributed by atoms with Gasteiger partial charge in [0.05, 0.1) is 26.7 Å². The second kappa shape index (κ2) is 12.5. The highest BCUT2D eigenvalue weighted by atomic mass is 16.5. The van der Waals surface area contributed by atoms with Gasteiger partial charge in [-0.25, -0.2) is 0 Å². The number of carbonyl (C=O) groups is 1. The summed E-state index contributed by atoms with van der Waals surface area (Å²) in [5.41, 5.74) is 7.75. The van der Waals surface area contributed by atoms with Crippen molar-refractivity contribution in [2.45, 2.75) is 51.4 Å². The van der Waals surface area contributed by atoms with Crippen LogP contribution in [0.5, 0.6) is 11.5 Å². The van der Waals surface area contributed by atoms with Crippen LogP contribution in [0, 0.1) is 11.3 Å². The number of nitrogens with zero attached hydrogens (tertiary/aromatic N) is 1. The number of methoxy groups -OCH3 is 3. The molecule has 4 aromatic rings. The van der Waals surface area contributed by atoms with Gasteiger partial charge in [0.25, 0.3) is 0 Å². The summed E-state index contributed by atoms with van der Waals surface area (Å²) in [4.78, 5) is 15.3. The Labute approximate surface area is 267 Å². The van der Waals surface area contributed by atoms with Gasteiger partial charge in [-0.3, -0.25) is 4.79 Å². The molecule has 1 saturated carbocycles. The number of hydrogen-bond acceptors (Lipinski definition) is 5. The lowest BCUT2D eigenvalue weighted by molar-refractivity contribution is -0.161. The summed E-state index contributed by atoms with van der Waals surface area (Å²) < 4.78 is 16.1. The smallest absolute Gasteiger partial charge is 0.311 e. The van der Waals surface area contributed by atoms with Crippen molar-refractivity contribution >= 4 is 35.2 Å².